The van der Waals surface area contributed by atoms with Crippen LogP contribution in [-0.4, -0.2) is 25.5 Å². The first kappa shape index (κ1) is 22.2. The molecule has 0 saturated heterocycles. The second kappa shape index (κ2) is 9.35. The van der Waals surface area contributed by atoms with Crippen molar-refractivity contribution in [2.45, 2.75) is 6.92 Å². The summed E-state index contributed by atoms with van der Waals surface area (Å²) in [6.45, 7) is 2.43. The maximum atomic E-state index is 13.7. The number of carbonyl (C=O) groups excluding carboxylic acids is 2. The van der Waals surface area contributed by atoms with E-state index in [2.05, 4.69) is 5.32 Å². The molecule has 1 aliphatic rings. The number of nitrogens with zero attached hydrogens (tertiary/aromatic N) is 1. The Bertz CT molecular complexity index is 1430. The third kappa shape index (κ3) is 4.10. The van der Waals surface area contributed by atoms with E-state index in [1.165, 1.54) is 4.90 Å². The van der Waals surface area contributed by atoms with Gasteiger partial charge in [0.1, 0.15) is 17.2 Å². The number of hydrogen-bond donors (Lipinski definition) is 1. The van der Waals surface area contributed by atoms with Gasteiger partial charge in [-0.25, -0.2) is 4.90 Å². The Kier molecular flexibility index (Phi) is 5.94. The molecule has 0 bridgehead atoms. The molecule has 2 amide bonds. The summed E-state index contributed by atoms with van der Waals surface area (Å²) in [5, 5.41) is 5.27. The van der Waals surface area contributed by atoms with Gasteiger partial charge in [0, 0.05) is 11.1 Å². The molecule has 0 unspecified atom stereocenters. The summed E-state index contributed by atoms with van der Waals surface area (Å²) in [5.74, 6) is 0.524. The number of anilines is 2. The molecule has 6 heteroatoms. The lowest BCUT2D eigenvalue weighted by Gasteiger charge is -2.16. The van der Waals surface area contributed by atoms with Gasteiger partial charge in [-0.1, -0.05) is 48.5 Å². The number of nitrogens with one attached hydrogen (secondary N) is 1. The lowest BCUT2D eigenvalue weighted by molar-refractivity contribution is -0.120. The van der Waals surface area contributed by atoms with Gasteiger partial charge in [-0.2, -0.15) is 0 Å². The van der Waals surface area contributed by atoms with Crippen LogP contribution in [0, 0.1) is 0 Å². The number of ether oxygens (including phenoxy) is 2. The monoisotopic (exact) mass is 464 g/mol. The number of fused-ring (bicyclic) bond motifs is 1. The first-order valence-electron chi connectivity index (χ1n) is 11.4. The van der Waals surface area contributed by atoms with Crippen LogP contribution in [0.25, 0.3) is 16.3 Å². The molecule has 0 saturated carbocycles. The SMILES string of the molecule is CCOc1ccc(N2C(=O)C(Nc3cccc4ccccc34)=C(c3ccc(OC)cc3)C2=O)cc1. The average molecular weight is 465 g/mol. The molecule has 1 heterocycles. The van der Waals surface area contributed by atoms with E-state index in [-0.39, 0.29) is 5.70 Å². The number of benzene rings is 4. The lowest BCUT2D eigenvalue weighted by Crippen LogP contribution is -2.32. The van der Waals surface area contributed by atoms with Crippen molar-refractivity contribution in [3.63, 3.8) is 0 Å². The quantitative estimate of drug-likeness (QED) is 0.358. The van der Waals surface area contributed by atoms with Crippen LogP contribution >= 0.6 is 0 Å². The van der Waals surface area contributed by atoms with Gasteiger partial charge < -0.3 is 14.8 Å². The van der Waals surface area contributed by atoms with Crippen molar-refractivity contribution in [1.29, 1.82) is 0 Å². The minimum atomic E-state index is -0.419. The van der Waals surface area contributed by atoms with E-state index in [1.54, 1.807) is 55.6 Å². The zero-order chi connectivity index (χ0) is 24.4. The van der Waals surface area contributed by atoms with Crippen LogP contribution < -0.4 is 19.7 Å². The molecular formula is C29H24N2O4. The molecule has 5 rings (SSSR count). The molecular weight excluding hydrogens is 440 g/mol. The third-order valence-electron chi connectivity index (χ3n) is 5.92. The van der Waals surface area contributed by atoms with Crippen LogP contribution in [0.1, 0.15) is 12.5 Å². The Labute approximate surface area is 203 Å². The topological polar surface area (TPSA) is 67.9 Å². The van der Waals surface area contributed by atoms with Crippen molar-refractivity contribution < 1.29 is 19.1 Å². The third-order valence-corrected chi connectivity index (χ3v) is 5.92. The van der Waals surface area contributed by atoms with E-state index in [9.17, 15) is 9.59 Å². The van der Waals surface area contributed by atoms with Crippen LogP contribution in [0.4, 0.5) is 11.4 Å². The van der Waals surface area contributed by atoms with Crippen LogP contribution in [0.15, 0.2) is 96.7 Å². The summed E-state index contributed by atoms with van der Waals surface area (Å²) in [6.07, 6.45) is 0. The number of imide groups is 1. The highest BCUT2D eigenvalue weighted by molar-refractivity contribution is 6.46. The van der Waals surface area contributed by atoms with Crippen LogP contribution in [0.5, 0.6) is 11.5 Å². The largest absolute Gasteiger partial charge is 0.497 e. The Morgan fingerprint density at radius 3 is 2.17 bits per heavy atom. The van der Waals surface area contributed by atoms with Gasteiger partial charge in [-0.15, -0.1) is 0 Å². The molecule has 0 aliphatic carbocycles. The predicted octanol–water partition coefficient (Wildman–Crippen LogP) is 5.64. The molecule has 174 valence electrons. The Morgan fingerprint density at radius 2 is 1.46 bits per heavy atom. The molecule has 0 radical (unpaired) electrons. The summed E-state index contributed by atoms with van der Waals surface area (Å²) < 4.78 is 10.8. The molecule has 4 aromatic carbocycles. The smallest absolute Gasteiger partial charge is 0.282 e. The molecule has 0 aromatic heterocycles. The number of hydrogen-bond acceptors (Lipinski definition) is 5. The van der Waals surface area contributed by atoms with E-state index in [0.717, 1.165) is 16.5 Å². The van der Waals surface area contributed by atoms with Gasteiger partial charge in [0.05, 0.1) is 25.0 Å². The highest BCUT2D eigenvalue weighted by Gasteiger charge is 2.40. The standard InChI is InChI=1S/C29H24N2O4/c1-3-35-23-17-13-21(14-18-23)31-28(32)26(20-11-15-22(34-2)16-12-20)27(29(31)33)30-25-10-6-8-19-7-4-5-9-24(19)25/h4-18,30H,3H2,1-2H3. The molecule has 6 nitrogen and oxygen atoms in total. The van der Waals surface area contributed by atoms with Gasteiger partial charge in [0.15, 0.2) is 0 Å². The second-order valence-corrected chi connectivity index (χ2v) is 8.00. The van der Waals surface area contributed by atoms with E-state index in [4.69, 9.17) is 9.47 Å². The van der Waals surface area contributed by atoms with Gasteiger partial charge in [-0.3, -0.25) is 9.59 Å². The number of methoxy groups -OCH3 is 1. The fourth-order valence-electron chi connectivity index (χ4n) is 4.23. The van der Waals surface area contributed by atoms with Gasteiger partial charge in [0.25, 0.3) is 11.8 Å². The van der Waals surface area contributed by atoms with Crippen molar-refractivity contribution in [3.05, 3.63) is 102 Å². The Morgan fingerprint density at radius 1 is 0.771 bits per heavy atom. The molecule has 0 atom stereocenters. The maximum Gasteiger partial charge on any atom is 0.282 e. The van der Waals surface area contributed by atoms with Crippen molar-refractivity contribution in [2.75, 3.05) is 23.9 Å². The highest BCUT2D eigenvalue weighted by Crippen LogP contribution is 2.36. The minimum absolute atomic E-state index is 0.227. The maximum absolute atomic E-state index is 13.7. The summed E-state index contributed by atoms with van der Waals surface area (Å²) in [5.41, 5.74) is 2.38. The van der Waals surface area contributed by atoms with Crippen molar-refractivity contribution in [3.8, 4) is 11.5 Å². The lowest BCUT2D eigenvalue weighted by atomic mass is 10.0. The van der Waals surface area contributed by atoms with E-state index in [1.807, 2.05) is 49.4 Å². The molecule has 4 aromatic rings. The van der Waals surface area contributed by atoms with Crippen LogP contribution in [-0.2, 0) is 9.59 Å². The van der Waals surface area contributed by atoms with Crippen molar-refractivity contribution >= 4 is 39.5 Å². The summed E-state index contributed by atoms with van der Waals surface area (Å²) in [7, 11) is 1.58. The molecule has 1 aliphatic heterocycles. The van der Waals surface area contributed by atoms with Crippen molar-refractivity contribution in [1.82, 2.24) is 0 Å². The Hall–Kier alpha value is -4.58. The Balaban J connectivity index is 1.60. The zero-order valence-corrected chi connectivity index (χ0v) is 19.4. The van der Waals surface area contributed by atoms with E-state index in [0.29, 0.717) is 34.9 Å². The first-order chi connectivity index (χ1) is 17.1. The van der Waals surface area contributed by atoms with E-state index >= 15 is 0 Å². The number of carbonyl (C=O) groups is 2. The normalized spacial score (nSPS) is 13.5. The summed E-state index contributed by atoms with van der Waals surface area (Å²) in [4.78, 5) is 28.6. The summed E-state index contributed by atoms with van der Waals surface area (Å²) in [6, 6.07) is 27.8. The minimum Gasteiger partial charge on any atom is -0.497 e. The van der Waals surface area contributed by atoms with Crippen LogP contribution in [0.3, 0.4) is 0 Å². The summed E-state index contributed by atoms with van der Waals surface area (Å²) >= 11 is 0. The molecule has 1 N–H and O–H groups in total. The second-order valence-electron chi connectivity index (χ2n) is 8.00. The highest BCUT2D eigenvalue weighted by atomic mass is 16.5. The van der Waals surface area contributed by atoms with Gasteiger partial charge >= 0.3 is 0 Å². The fourth-order valence-corrected chi connectivity index (χ4v) is 4.23. The molecule has 35 heavy (non-hydrogen) atoms. The first-order valence-corrected chi connectivity index (χ1v) is 11.4. The average Bonchev–Trinajstić information content (AvgIpc) is 3.14. The fraction of sp³-hybridized carbons (Fsp3) is 0.103. The number of rotatable bonds is 7. The van der Waals surface area contributed by atoms with Gasteiger partial charge in [0.2, 0.25) is 0 Å². The predicted molar refractivity (Wildman–Crippen MR) is 138 cm³/mol. The number of amides is 2. The zero-order valence-electron chi connectivity index (χ0n) is 19.4. The van der Waals surface area contributed by atoms with Gasteiger partial charge in [-0.05, 0) is 60.3 Å². The van der Waals surface area contributed by atoms with E-state index < -0.39 is 11.8 Å². The molecule has 0 spiro atoms. The van der Waals surface area contributed by atoms with Crippen molar-refractivity contribution in [2.24, 2.45) is 0 Å². The molecule has 0 fully saturated rings. The van der Waals surface area contributed by atoms with Crippen LogP contribution in [0.2, 0.25) is 0 Å².